The summed E-state index contributed by atoms with van der Waals surface area (Å²) in [7, 11) is 0.368. The van der Waals surface area contributed by atoms with Gasteiger partial charge in [0.05, 0.1) is 30.2 Å². The van der Waals surface area contributed by atoms with Crippen molar-refractivity contribution in [1.82, 2.24) is 27.8 Å². The van der Waals surface area contributed by atoms with Crippen LogP contribution in [0.4, 0.5) is 17.3 Å². The normalized spacial score (nSPS) is 18.4. The molecule has 3 N–H and O–H groups in total. The fraction of sp³-hybridized carbons (Fsp3) is 0.600. The second kappa shape index (κ2) is 13.1. The third kappa shape index (κ3) is 7.13. The maximum atomic E-state index is 13.1. The Bertz CT molecular complexity index is 1340. The Morgan fingerprint density at radius 2 is 1.70 bits per heavy atom. The van der Waals surface area contributed by atoms with Gasteiger partial charge in [-0.25, -0.2) is 8.42 Å². The van der Waals surface area contributed by atoms with E-state index in [-0.39, 0.29) is 15.6 Å². The van der Waals surface area contributed by atoms with E-state index in [9.17, 15) is 13.5 Å². The molecule has 2 aliphatic rings. The predicted molar refractivity (Wildman–Crippen MR) is 158 cm³/mol. The lowest BCUT2D eigenvalue weighted by Gasteiger charge is -2.32. The summed E-state index contributed by atoms with van der Waals surface area (Å²) in [4.78, 5) is 7.00. The van der Waals surface area contributed by atoms with Crippen molar-refractivity contribution >= 4 is 50.4 Å². The van der Waals surface area contributed by atoms with E-state index >= 15 is 0 Å². The van der Waals surface area contributed by atoms with E-state index in [4.69, 9.17) is 4.42 Å². The number of rotatable bonds is 12. The number of nitrogens with zero attached hydrogens (tertiary/aromatic N) is 6. The minimum Gasteiger partial charge on any atom is -0.504 e. The van der Waals surface area contributed by atoms with Crippen molar-refractivity contribution < 1.29 is 17.9 Å². The zero-order valence-corrected chi connectivity index (χ0v) is 25.5. The topological polar surface area (TPSA) is 130 Å². The summed E-state index contributed by atoms with van der Waals surface area (Å²) in [6, 6.07) is 2.07. The number of likely N-dealkylation sites (N-methyl/N-ethyl adjacent to an activating group) is 2. The van der Waals surface area contributed by atoms with Crippen molar-refractivity contribution in [3.05, 3.63) is 29.0 Å². The Kier molecular flexibility index (Phi) is 9.60. The summed E-state index contributed by atoms with van der Waals surface area (Å²) < 4.78 is 41.9. The summed E-state index contributed by atoms with van der Waals surface area (Å²) >= 11 is 2.01. The van der Waals surface area contributed by atoms with Gasteiger partial charge in [0.1, 0.15) is 5.76 Å². The highest BCUT2D eigenvalue weighted by molar-refractivity contribution is 7.91. The SMILES string of the molecule is CN1CCN(CCCCc2coc(CNc3nsnc3Nc3csc(S(=O)(=O)N4CCN(C)CC4)c3O)c2)CC1. The van der Waals surface area contributed by atoms with Gasteiger partial charge in [-0.05, 0) is 51.5 Å². The molecular formula is C25H38N8O4S3. The molecule has 0 radical (unpaired) electrons. The molecule has 0 amide bonds. The van der Waals surface area contributed by atoms with Gasteiger partial charge in [-0.3, -0.25) is 0 Å². The van der Waals surface area contributed by atoms with Crippen LogP contribution in [0, 0.1) is 0 Å². The molecule has 0 aromatic carbocycles. The van der Waals surface area contributed by atoms with Gasteiger partial charge in [-0.1, -0.05) is 0 Å². The first kappa shape index (κ1) is 29.2. The summed E-state index contributed by atoms with van der Waals surface area (Å²) in [6.07, 6.45) is 5.10. The van der Waals surface area contributed by atoms with Crippen LogP contribution in [0.5, 0.6) is 5.75 Å². The number of thiophene rings is 1. The molecule has 2 fully saturated rings. The van der Waals surface area contributed by atoms with E-state index in [0.717, 1.165) is 74.4 Å². The van der Waals surface area contributed by atoms with Crippen LogP contribution in [0.1, 0.15) is 24.2 Å². The minimum absolute atomic E-state index is 0.0658. The number of furan rings is 1. The molecular weight excluding hydrogens is 573 g/mol. The fourth-order valence-electron chi connectivity index (χ4n) is 4.82. The van der Waals surface area contributed by atoms with E-state index in [2.05, 4.69) is 47.2 Å². The average Bonchev–Trinajstić information content (AvgIpc) is 3.68. The largest absolute Gasteiger partial charge is 0.504 e. The van der Waals surface area contributed by atoms with E-state index in [1.54, 1.807) is 5.38 Å². The molecule has 5 rings (SSSR count). The molecule has 220 valence electrons. The zero-order valence-electron chi connectivity index (χ0n) is 23.0. The van der Waals surface area contributed by atoms with Crippen LogP contribution in [-0.2, 0) is 23.0 Å². The molecule has 0 spiro atoms. The molecule has 5 heterocycles. The molecule has 0 atom stereocenters. The molecule has 40 heavy (non-hydrogen) atoms. The molecule has 12 nitrogen and oxygen atoms in total. The number of piperazine rings is 2. The number of hydrogen-bond donors (Lipinski definition) is 3. The summed E-state index contributed by atoms with van der Waals surface area (Å²) in [6.45, 7) is 8.30. The van der Waals surface area contributed by atoms with Crippen molar-refractivity contribution in [2.24, 2.45) is 0 Å². The molecule has 0 unspecified atom stereocenters. The van der Waals surface area contributed by atoms with Crippen LogP contribution < -0.4 is 10.6 Å². The molecule has 3 aromatic rings. The Labute approximate surface area is 243 Å². The minimum atomic E-state index is -3.78. The molecule has 0 bridgehead atoms. The summed E-state index contributed by atoms with van der Waals surface area (Å²) in [5.41, 5.74) is 1.47. The third-order valence-corrected chi connectivity index (χ3v) is 11.4. The van der Waals surface area contributed by atoms with Crippen molar-refractivity contribution in [2.45, 2.75) is 30.0 Å². The van der Waals surface area contributed by atoms with Crippen molar-refractivity contribution in [3.8, 4) is 5.75 Å². The Morgan fingerprint density at radius 1 is 1.00 bits per heavy atom. The van der Waals surface area contributed by atoms with Gasteiger partial charge >= 0.3 is 0 Å². The van der Waals surface area contributed by atoms with Gasteiger partial charge in [0.25, 0.3) is 10.0 Å². The lowest BCUT2D eigenvalue weighted by molar-refractivity contribution is 0.152. The predicted octanol–water partition coefficient (Wildman–Crippen LogP) is 2.76. The van der Waals surface area contributed by atoms with Crippen LogP contribution >= 0.6 is 23.1 Å². The Balaban J connectivity index is 1.11. The molecule has 2 aliphatic heterocycles. The van der Waals surface area contributed by atoms with Crippen LogP contribution in [0.25, 0.3) is 0 Å². The second-order valence-electron chi connectivity index (χ2n) is 10.5. The number of unbranched alkanes of at least 4 members (excludes halogenated alkanes) is 1. The zero-order chi connectivity index (χ0) is 28.1. The number of aromatic hydroxyl groups is 1. The van der Waals surface area contributed by atoms with E-state index < -0.39 is 10.0 Å². The maximum absolute atomic E-state index is 13.1. The first-order valence-corrected chi connectivity index (χ1v) is 16.6. The van der Waals surface area contributed by atoms with Crippen LogP contribution in [0.15, 0.2) is 26.3 Å². The number of anilines is 3. The summed E-state index contributed by atoms with van der Waals surface area (Å²) in [5.74, 6) is 1.42. The van der Waals surface area contributed by atoms with Crippen molar-refractivity contribution in [3.63, 3.8) is 0 Å². The first-order valence-electron chi connectivity index (χ1n) is 13.6. The number of sulfonamides is 1. The quantitative estimate of drug-likeness (QED) is 0.262. The van der Waals surface area contributed by atoms with Crippen LogP contribution in [0.3, 0.4) is 0 Å². The monoisotopic (exact) mass is 610 g/mol. The lowest BCUT2D eigenvalue weighted by Crippen LogP contribution is -2.46. The van der Waals surface area contributed by atoms with Crippen molar-refractivity contribution in [1.29, 1.82) is 0 Å². The van der Waals surface area contributed by atoms with E-state index in [1.807, 2.05) is 13.3 Å². The van der Waals surface area contributed by atoms with Gasteiger partial charge in [0.15, 0.2) is 21.6 Å². The second-order valence-corrected chi connectivity index (χ2v) is 14.0. The lowest BCUT2D eigenvalue weighted by atomic mass is 10.1. The van der Waals surface area contributed by atoms with Gasteiger partial charge in [0.2, 0.25) is 0 Å². The standard InChI is InChI=1S/C25H38N8O4S3/c1-30-7-11-32(12-8-30)6-4-3-5-19-15-20(37-17-19)16-26-23-24(29-39-28-23)27-21-18-38-25(22(21)34)40(35,36)33-13-9-31(2)10-14-33/h15,17-18,34H,3-14,16H2,1-2H3,(H,26,28)(H,27,29). The van der Waals surface area contributed by atoms with Crippen molar-refractivity contribution in [2.75, 3.05) is 83.6 Å². The van der Waals surface area contributed by atoms with Gasteiger partial charge in [-0.15, -0.1) is 11.3 Å². The molecule has 0 saturated carbocycles. The number of hydrogen-bond acceptors (Lipinski definition) is 13. The third-order valence-electron chi connectivity index (χ3n) is 7.43. The highest BCUT2D eigenvalue weighted by Gasteiger charge is 2.32. The van der Waals surface area contributed by atoms with E-state index in [0.29, 0.717) is 44.4 Å². The van der Waals surface area contributed by atoms with Gasteiger partial charge in [-0.2, -0.15) is 13.1 Å². The molecule has 2 saturated heterocycles. The molecule has 0 aliphatic carbocycles. The van der Waals surface area contributed by atoms with Gasteiger partial charge < -0.3 is 34.9 Å². The number of nitrogens with one attached hydrogen (secondary N) is 2. The molecule has 3 aromatic heterocycles. The average molecular weight is 611 g/mol. The summed E-state index contributed by atoms with van der Waals surface area (Å²) in [5, 5.41) is 18.6. The number of aryl methyl sites for hydroxylation is 1. The Morgan fingerprint density at radius 3 is 2.45 bits per heavy atom. The van der Waals surface area contributed by atoms with Crippen LogP contribution in [0.2, 0.25) is 0 Å². The number of aromatic nitrogens is 2. The highest BCUT2D eigenvalue weighted by Crippen LogP contribution is 2.41. The first-order chi connectivity index (χ1) is 19.3. The maximum Gasteiger partial charge on any atom is 0.256 e. The highest BCUT2D eigenvalue weighted by atomic mass is 32.2. The van der Waals surface area contributed by atoms with Crippen LogP contribution in [-0.4, -0.2) is 114 Å². The molecule has 15 heteroatoms. The van der Waals surface area contributed by atoms with Gasteiger partial charge in [0, 0.05) is 57.7 Å². The fourth-order valence-corrected chi connectivity index (χ4v) is 8.11. The smallest absolute Gasteiger partial charge is 0.256 e. The Hall–Kier alpha value is -2.27. The van der Waals surface area contributed by atoms with E-state index in [1.165, 1.54) is 16.3 Å².